The predicted molar refractivity (Wildman–Crippen MR) is 93.6 cm³/mol. The summed E-state index contributed by atoms with van der Waals surface area (Å²) in [5, 5.41) is 0.806. The molecule has 1 fully saturated rings. The minimum absolute atomic E-state index is 0.164. The molecule has 2 aliphatic heterocycles. The summed E-state index contributed by atoms with van der Waals surface area (Å²) in [7, 11) is 0. The number of hydrogen-bond donors (Lipinski definition) is 0. The zero-order valence-electron chi connectivity index (χ0n) is 13.5. The molecule has 3 heterocycles. The second-order valence-electron chi connectivity index (χ2n) is 6.11. The Morgan fingerprint density at radius 3 is 2.92 bits per heavy atom. The molecule has 1 aromatic heterocycles. The summed E-state index contributed by atoms with van der Waals surface area (Å²) in [6, 6.07) is 9.54. The largest absolute Gasteiger partial charge is 0.455 e. The van der Waals surface area contributed by atoms with Crippen molar-refractivity contribution >= 4 is 32.7 Å². The van der Waals surface area contributed by atoms with E-state index in [4.69, 9.17) is 14.2 Å². The highest BCUT2D eigenvalue weighted by Gasteiger charge is 2.32. The summed E-state index contributed by atoms with van der Waals surface area (Å²) in [6.45, 7) is 1.30. The van der Waals surface area contributed by atoms with Gasteiger partial charge in [0.1, 0.15) is 11.9 Å². The molecule has 5 rings (SSSR count). The second-order valence-corrected chi connectivity index (χ2v) is 7.12. The maximum absolute atomic E-state index is 13.3. The molecule has 0 radical (unpaired) electrons. The minimum atomic E-state index is -0.390. The lowest BCUT2D eigenvalue weighted by Crippen LogP contribution is -2.53. The van der Waals surface area contributed by atoms with Crippen LogP contribution in [-0.4, -0.2) is 36.9 Å². The zero-order valence-corrected chi connectivity index (χ0v) is 14.3. The lowest BCUT2D eigenvalue weighted by molar-refractivity contribution is 0.0234. The molecule has 132 valence electrons. The van der Waals surface area contributed by atoms with E-state index in [0.717, 1.165) is 15.3 Å². The topological polar surface area (TPSA) is 60.9 Å². The summed E-state index contributed by atoms with van der Waals surface area (Å²) in [6.07, 6.45) is -0.198. The number of carbonyl (C=O) groups excluding carboxylic acids is 1. The van der Waals surface area contributed by atoms with E-state index >= 15 is 0 Å². The zero-order chi connectivity index (χ0) is 17.7. The molecule has 1 saturated heterocycles. The van der Waals surface area contributed by atoms with Crippen LogP contribution in [0.4, 0.5) is 9.52 Å². The van der Waals surface area contributed by atoms with E-state index < -0.39 is 0 Å². The lowest BCUT2D eigenvalue weighted by Gasteiger charge is -2.38. The Morgan fingerprint density at radius 1 is 1.19 bits per heavy atom. The van der Waals surface area contributed by atoms with Crippen LogP contribution < -0.4 is 14.4 Å². The lowest BCUT2D eigenvalue weighted by atomic mass is 10.1. The first-order chi connectivity index (χ1) is 12.7. The van der Waals surface area contributed by atoms with E-state index in [-0.39, 0.29) is 24.7 Å². The summed E-state index contributed by atoms with van der Waals surface area (Å²) in [5.41, 5.74) is 1.20. The number of halogens is 1. The fourth-order valence-electron chi connectivity index (χ4n) is 2.93. The van der Waals surface area contributed by atoms with Gasteiger partial charge in [0, 0.05) is 0 Å². The molecule has 2 aromatic carbocycles. The van der Waals surface area contributed by atoms with Crippen LogP contribution in [0.5, 0.6) is 11.5 Å². The molecular formula is C18H13FN2O4S. The Hall–Kier alpha value is -2.87. The average Bonchev–Trinajstić information content (AvgIpc) is 3.22. The molecule has 0 atom stereocenters. The molecule has 0 aliphatic carbocycles. The molecule has 0 amide bonds. The smallest absolute Gasteiger partial charge is 0.338 e. The van der Waals surface area contributed by atoms with E-state index in [1.807, 2.05) is 4.90 Å². The number of hydrogen-bond acceptors (Lipinski definition) is 7. The van der Waals surface area contributed by atoms with Crippen LogP contribution in [0.25, 0.3) is 10.2 Å². The third-order valence-corrected chi connectivity index (χ3v) is 5.42. The number of anilines is 1. The highest BCUT2D eigenvalue weighted by Crippen LogP contribution is 2.34. The van der Waals surface area contributed by atoms with Crippen molar-refractivity contribution in [1.82, 2.24) is 4.98 Å². The van der Waals surface area contributed by atoms with Gasteiger partial charge in [-0.25, -0.2) is 14.2 Å². The number of carbonyl (C=O) groups is 1. The monoisotopic (exact) mass is 372 g/mol. The normalized spacial score (nSPS) is 16.0. The van der Waals surface area contributed by atoms with E-state index in [9.17, 15) is 9.18 Å². The van der Waals surface area contributed by atoms with E-state index in [1.165, 1.54) is 23.5 Å². The van der Waals surface area contributed by atoms with Gasteiger partial charge in [-0.05, 0) is 36.4 Å². The van der Waals surface area contributed by atoms with Crippen molar-refractivity contribution < 1.29 is 23.4 Å². The molecule has 2 aliphatic rings. The molecule has 6 nitrogen and oxygen atoms in total. The van der Waals surface area contributed by atoms with E-state index in [2.05, 4.69) is 4.98 Å². The van der Waals surface area contributed by atoms with Crippen molar-refractivity contribution in [3.8, 4) is 11.5 Å². The highest BCUT2D eigenvalue weighted by molar-refractivity contribution is 7.22. The van der Waals surface area contributed by atoms with E-state index in [1.54, 1.807) is 24.3 Å². The van der Waals surface area contributed by atoms with Crippen LogP contribution in [0.1, 0.15) is 10.4 Å². The predicted octanol–water partition coefficient (Wildman–Crippen LogP) is 3.21. The Morgan fingerprint density at radius 2 is 2.04 bits per heavy atom. The van der Waals surface area contributed by atoms with Gasteiger partial charge in [0.2, 0.25) is 6.79 Å². The van der Waals surface area contributed by atoms with Gasteiger partial charge >= 0.3 is 5.97 Å². The Kier molecular flexibility index (Phi) is 3.46. The Balaban J connectivity index is 1.23. The molecule has 8 heteroatoms. The molecule has 0 saturated carbocycles. The standard InChI is InChI=1S/C18H13FN2O4S/c19-11-2-3-13-16(6-11)26-18(20-13)21-7-12(8-21)25-17(22)10-1-4-14-15(5-10)24-9-23-14/h1-6,12H,7-9H2. The van der Waals surface area contributed by atoms with Crippen LogP contribution in [0.3, 0.4) is 0 Å². The number of nitrogens with zero attached hydrogens (tertiary/aromatic N) is 2. The molecule has 0 N–H and O–H groups in total. The van der Waals surface area contributed by atoms with Crippen molar-refractivity contribution in [2.75, 3.05) is 24.8 Å². The van der Waals surface area contributed by atoms with Gasteiger partial charge in [-0.2, -0.15) is 0 Å². The Bertz CT molecular complexity index is 1020. The van der Waals surface area contributed by atoms with Crippen LogP contribution in [0, 0.1) is 5.82 Å². The van der Waals surface area contributed by atoms with Crippen molar-refractivity contribution in [1.29, 1.82) is 0 Å². The number of benzene rings is 2. The van der Waals surface area contributed by atoms with Crippen LogP contribution >= 0.6 is 11.3 Å². The van der Waals surface area contributed by atoms with Crippen molar-refractivity contribution in [2.24, 2.45) is 0 Å². The number of rotatable bonds is 3. The summed E-state index contributed by atoms with van der Waals surface area (Å²) in [5.74, 6) is 0.520. The molecule has 3 aromatic rings. The average molecular weight is 372 g/mol. The number of esters is 1. The van der Waals surface area contributed by atoms with Crippen molar-refractivity contribution in [2.45, 2.75) is 6.10 Å². The molecule has 26 heavy (non-hydrogen) atoms. The van der Waals surface area contributed by atoms with Gasteiger partial charge in [-0.1, -0.05) is 11.3 Å². The SMILES string of the molecule is O=C(OC1CN(c2nc3ccc(F)cc3s2)C1)c1ccc2c(c1)OCO2. The van der Waals surface area contributed by atoms with Crippen LogP contribution in [0.2, 0.25) is 0 Å². The first kappa shape index (κ1) is 15.4. The van der Waals surface area contributed by atoms with Crippen LogP contribution in [0.15, 0.2) is 36.4 Å². The molecule has 0 spiro atoms. The fourth-order valence-corrected chi connectivity index (χ4v) is 3.94. The third-order valence-electron chi connectivity index (χ3n) is 4.34. The fraction of sp³-hybridized carbons (Fsp3) is 0.222. The van der Waals surface area contributed by atoms with Crippen molar-refractivity contribution in [3.05, 3.63) is 47.8 Å². The van der Waals surface area contributed by atoms with Gasteiger partial charge in [-0.3, -0.25) is 0 Å². The third kappa shape index (κ3) is 2.62. The quantitative estimate of drug-likeness (QED) is 0.658. The number of thiazole rings is 1. The highest BCUT2D eigenvalue weighted by atomic mass is 32.1. The van der Waals surface area contributed by atoms with Gasteiger partial charge in [0.25, 0.3) is 0 Å². The Labute approximate surface area is 151 Å². The van der Waals surface area contributed by atoms with Crippen LogP contribution in [-0.2, 0) is 4.74 Å². The maximum Gasteiger partial charge on any atom is 0.338 e. The first-order valence-corrected chi connectivity index (χ1v) is 8.89. The van der Waals surface area contributed by atoms with Gasteiger partial charge in [-0.15, -0.1) is 0 Å². The second kappa shape index (κ2) is 5.84. The van der Waals surface area contributed by atoms with Gasteiger partial charge in [0.15, 0.2) is 16.6 Å². The maximum atomic E-state index is 13.3. The number of fused-ring (bicyclic) bond motifs is 2. The molecule has 0 unspecified atom stereocenters. The minimum Gasteiger partial charge on any atom is -0.455 e. The van der Waals surface area contributed by atoms with Gasteiger partial charge in [0.05, 0.1) is 28.9 Å². The summed E-state index contributed by atoms with van der Waals surface area (Å²) in [4.78, 5) is 18.8. The van der Waals surface area contributed by atoms with Crippen molar-refractivity contribution in [3.63, 3.8) is 0 Å². The van der Waals surface area contributed by atoms with E-state index in [0.29, 0.717) is 30.2 Å². The van der Waals surface area contributed by atoms with Gasteiger partial charge < -0.3 is 19.1 Å². The molecular weight excluding hydrogens is 359 g/mol. The molecule has 0 bridgehead atoms. The number of ether oxygens (including phenoxy) is 3. The summed E-state index contributed by atoms with van der Waals surface area (Å²) < 4.78 is 30.1. The summed E-state index contributed by atoms with van der Waals surface area (Å²) >= 11 is 1.43. The first-order valence-electron chi connectivity index (χ1n) is 8.07. The number of aromatic nitrogens is 1.